The molecule has 8 nitrogen and oxygen atoms in total. The van der Waals surface area contributed by atoms with E-state index in [2.05, 4.69) is 20.6 Å². The number of nitrogens with one attached hydrogen (secondary N) is 3. The first kappa shape index (κ1) is 21.4. The average Bonchev–Trinajstić information content (AvgIpc) is 3.13. The number of urea groups is 1. The highest BCUT2D eigenvalue weighted by atomic mass is 19.1. The van der Waals surface area contributed by atoms with Gasteiger partial charge in [-0.2, -0.15) is 0 Å². The Labute approximate surface area is 174 Å². The number of nitrogens with zero attached hydrogens (tertiary/aromatic N) is 2. The molecular formula is C21H26FN5O3. The van der Waals surface area contributed by atoms with E-state index in [0.717, 1.165) is 16.5 Å². The third-order valence-electron chi connectivity index (χ3n) is 4.52. The first-order chi connectivity index (χ1) is 14.4. The summed E-state index contributed by atoms with van der Waals surface area (Å²) >= 11 is 0. The lowest BCUT2D eigenvalue weighted by Crippen LogP contribution is -2.37. The molecule has 0 radical (unpaired) electrons. The fourth-order valence-corrected chi connectivity index (χ4v) is 3.22. The van der Waals surface area contributed by atoms with Gasteiger partial charge in [-0.25, -0.2) is 14.2 Å². The predicted octanol–water partition coefficient (Wildman–Crippen LogP) is 3.27. The molecule has 3 aromatic rings. The normalized spacial score (nSPS) is 12.1. The molecule has 0 aliphatic heterocycles. The Morgan fingerprint density at radius 1 is 1.20 bits per heavy atom. The van der Waals surface area contributed by atoms with Crippen molar-refractivity contribution < 1.29 is 18.7 Å². The molecule has 0 spiro atoms. The zero-order chi connectivity index (χ0) is 21.7. The molecule has 1 unspecified atom stereocenters. The van der Waals surface area contributed by atoms with Crippen LogP contribution >= 0.6 is 0 Å². The molecule has 2 aromatic heterocycles. The fraction of sp³-hybridized carbons (Fsp3) is 0.333. The summed E-state index contributed by atoms with van der Waals surface area (Å²) in [6.45, 7) is 0.161. The van der Waals surface area contributed by atoms with E-state index in [-0.39, 0.29) is 13.1 Å². The molecule has 1 atom stereocenters. The number of carbonyl (C=O) groups excluding carboxylic acids is 1. The van der Waals surface area contributed by atoms with Gasteiger partial charge in [0.05, 0.1) is 26.3 Å². The van der Waals surface area contributed by atoms with Crippen LogP contribution in [-0.2, 0) is 0 Å². The number of anilines is 1. The van der Waals surface area contributed by atoms with Gasteiger partial charge in [0.1, 0.15) is 29.1 Å². The Kier molecular flexibility index (Phi) is 6.73. The summed E-state index contributed by atoms with van der Waals surface area (Å²) < 4.78 is 24.7. The zero-order valence-corrected chi connectivity index (χ0v) is 17.5. The first-order valence-corrected chi connectivity index (χ1v) is 9.46. The van der Waals surface area contributed by atoms with Crippen molar-refractivity contribution in [2.75, 3.05) is 46.7 Å². The minimum absolute atomic E-state index is 0.0769. The molecule has 3 rings (SSSR count). The van der Waals surface area contributed by atoms with E-state index >= 15 is 0 Å². The molecule has 0 bridgehead atoms. The number of pyridine rings is 1. The lowest BCUT2D eigenvalue weighted by Gasteiger charge is -2.14. The van der Waals surface area contributed by atoms with Crippen LogP contribution < -0.4 is 20.1 Å². The van der Waals surface area contributed by atoms with E-state index in [9.17, 15) is 9.18 Å². The van der Waals surface area contributed by atoms with Crippen LogP contribution in [0.25, 0.3) is 22.2 Å². The van der Waals surface area contributed by atoms with E-state index in [0.29, 0.717) is 23.0 Å². The van der Waals surface area contributed by atoms with Gasteiger partial charge in [-0.1, -0.05) is 6.07 Å². The van der Waals surface area contributed by atoms with Crippen LogP contribution in [0.1, 0.15) is 0 Å². The number of H-pyrrole nitrogens is 1. The van der Waals surface area contributed by atoms with Gasteiger partial charge in [0.15, 0.2) is 0 Å². The number of hydrogen-bond acceptors (Lipinski definition) is 5. The summed E-state index contributed by atoms with van der Waals surface area (Å²) in [6, 6.07) is 8.60. The van der Waals surface area contributed by atoms with Crippen molar-refractivity contribution in [2.45, 2.75) is 6.17 Å². The summed E-state index contributed by atoms with van der Waals surface area (Å²) in [6.07, 6.45) is 0.666. The lowest BCUT2D eigenvalue weighted by molar-refractivity contribution is 0.228. The van der Waals surface area contributed by atoms with Gasteiger partial charge in [0, 0.05) is 23.7 Å². The van der Waals surface area contributed by atoms with Crippen molar-refractivity contribution in [1.82, 2.24) is 20.2 Å². The fourth-order valence-electron chi connectivity index (χ4n) is 3.22. The lowest BCUT2D eigenvalue weighted by atomic mass is 10.0. The highest BCUT2D eigenvalue weighted by Crippen LogP contribution is 2.41. The number of alkyl halides is 1. The number of aromatic amines is 1. The quantitative estimate of drug-likeness (QED) is 0.525. The maximum Gasteiger partial charge on any atom is 0.320 e. The van der Waals surface area contributed by atoms with Crippen molar-refractivity contribution in [3.8, 4) is 22.6 Å². The molecule has 0 saturated carbocycles. The van der Waals surface area contributed by atoms with Crippen LogP contribution in [0.3, 0.4) is 0 Å². The second kappa shape index (κ2) is 9.45. The van der Waals surface area contributed by atoms with Crippen LogP contribution in [0.2, 0.25) is 0 Å². The molecule has 1 aromatic carbocycles. The summed E-state index contributed by atoms with van der Waals surface area (Å²) in [4.78, 5) is 21.3. The van der Waals surface area contributed by atoms with E-state index in [1.54, 1.807) is 39.3 Å². The maximum absolute atomic E-state index is 13.7. The Morgan fingerprint density at radius 2 is 1.90 bits per heavy atom. The first-order valence-electron chi connectivity index (χ1n) is 9.46. The Hall–Kier alpha value is -3.33. The average molecular weight is 415 g/mol. The van der Waals surface area contributed by atoms with E-state index in [4.69, 9.17) is 9.47 Å². The molecule has 0 fully saturated rings. The van der Waals surface area contributed by atoms with E-state index < -0.39 is 12.2 Å². The summed E-state index contributed by atoms with van der Waals surface area (Å²) in [5.74, 6) is 1.70. The van der Waals surface area contributed by atoms with Crippen LogP contribution in [0.15, 0.2) is 36.5 Å². The molecule has 0 aliphatic rings. The van der Waals surface area contributed by atoms with Crippen molar-refractivity contribution in [2.24, 2.45) is 0 Å². The molecule has 9 heteroatoms. The number of carbonyl (C=O) groups is 1. The van der Waals surface area contributed by atoms with Crippen molar-refractivity contribution in [1.29, 1.82) is 0 Å². The number of hydrogen-bond donors (Lipinski definition) is 3. The van der Waals surface area contributed by atoms with E-state index in [1.165, 1.54) is 0 Å². The maximum atomic E-state index is 13.7. The minimum Gasteiger partial charge on any atom is -0.496 e. The van der Waals surface area contributed by atoms with Gasteiger partial charge < -0.3 is 24.7 Å². The van der Waals surface area contributed by atoms with Crippen molar-refractivity contribution >= 4 is 22.9 Å². The van der Waals surface area contributed by atoms with Gasteiger partial charge in [0.25, 0.3) is 0 Å². The topological polar surface area (TPSA) is 91.5 Å². The highest BCUT2D eigenvalue weighted by Gasteiger charge is 2.17. The smallest absolute Gasteiger partial charge is 0.320 e. The third-order valence-corrected chi connectivity index (χ3v) is 4.52. The number of rotatable bonds is 8. The number of halogens is 1. The van der Waals surface area contributed by atoms with Gasteiger partial charge in [-0.15, -0.1) is 0 Å². The largest absolute Gasteiger partial charge is 0.496 e. The monoisotopic (exact) mass is 415 g/mol. The number of methoxy groups -OCH3 is 2. The van der Waals surface area contributed by atoms with Crippen LogP contribution in [0.4, 0.5) is 15.0 Å². The molecule has 3 N–H and O–H groups in total. The number of amides is 2. The minimum atomic E-state index is -1.15. The number of aromatic nitrogens is 2. The molecule has 160 valence electrons. The number of ether oxygens (including phenoxy) is 2. The highest BCUT2D eigenvalue weighted by molar-refractivity contribution is 5.98. The zero-order valence-electron chi connectivity index (χ0n) is 17.5. The van der Waals surface area contributed by atoms with Crippen LogP contribution in [-0.4, -0.2) is 68.5 Å². The van der Waals surface area contributed by atoms with Crippen LogP contribution in [0.5, 0.6) is 11.5 Å². The second-order valence-corrected chi connectivity index (χ2v) is 7.03. The Balaban J connectivity index is 1.78. The number of benzene rings is 1. The predicted molar refractivity (Wildman–Crippen MR) is 115 cm³/mol. The van der Waals surface area contributed by atoms with Crippen LogP contribution in [0, 0.1) is 0 Å². The van der Waals surface area contributed by atoms with Gasteiger partial charge in [0.2, 0.25) is 0 Å². The molecule has 2 amide bonds. The SMILES string of the molecule is COc1cccc(OC)c1-c1c[nH]c2nc(NC(=O)NCC(F)CN(C)C)ccc12. The molecular weight excluding hydrogens is 389 g/mol. The van der Waals surface area contributed by atoms with E-state index in [1.807, 2.05) is 30.5 Å². The third kappa shape index (κ3) is 4.80. The molecule has 0 aliphatic carbocycles. The molecule has 30 heavy (non-hydrogen) atoms. The number of fused-ring (bicyclic) bond motifs is 1. The summed E-state index contributed by atoms with van der Waals surface area (Å²) in [5.41, 5.74) is 2.27. The standard InChI is InChI=1S/C21H26FN5O3/c1-27(2)12-13(22)10-24-21(28)26-18-9-8-14-15(11-23-20(14)25-18)19-16(29-3)6-5-7-17(19)30-4/h5-9,11,13H,10,12H2,1-4H3,(H3,23,24,25,26,28). The Morgan fingerprint density at radius 3 is 2.53 bits per heavy atom. The van der Waals surface area contributed by atoms with Gasteiger partial charge in [-0.3, -0.25) is 5.32 Å². The summed E-state index contributed by atoms with van der Waals surface area (Å²) in [7, 11) is 6.76. The molecule has 0 saturated heterocycles. The second-order valence-electron chi connectivity index (χ2n) is 7.03. The molecule has 2 heterocycles. The van der Waals surface area contributed by atoms with Crippen molar-refractivity contribution in [3.05, 3.63) is 36.5 Å². The van der Waals surface area contributed by atoms with Crippen molar-refractivity contribution in [3.63, 3.8) is 0 Å². The Bertz CT molecular complexity index is 999. The van der Waals surface area contributed by atoms with Gasteiger partial charge in [-0.05, 0) is 38.4 Å². The van der Waals surface area contributed by atoms with Gasteiger partial charge >= 0.3 is 6.03 Å². The summed E-state index contributed by atoms with van der Waals surface area (Å²) in [5, 5.41) is 5.98.